The molecule has 0 heterocycles. The van der Waals surface area contributed by atoms with E-state index in [1.54, 1.807) is 0 Å². The topological polar surface area (TPSA) is 95.9 Å². The number of hydrogen-bond donors (Lipinski definition) is 3. The zero-order valence-electron chi connectivity index (χ0n) is 39.6. The van der Waals surface area contributed by atoms with Crippen molar-refractivity contribution in [2.24, 2.45) is 0 Å². The van der Waals surface area contributed by atoms with Crippen LogP contribution in [-0.2, 0) is 14.3 Å². The first kappa shape index (κ1) is 57.6. The number of hydrogen-bond acceptors (Lipinski definition) is 5. The van der Waals surface area contributed by atoms with E-state index in [0.717, 1.165) is 103 Å². The van der Waals surface area contributed by atoms with Crippen molar-refractivity contribution in [3.63, 3.8) is 0 Å². The van der Waals surface area contributed by atoms with Gasteiger partial charge in [0, 0.05) is 6.42 Å². The van der Waals surface area contributed by atoms with Crippen LogP contribution in [-0.4, -0.2) is 46.9 Å². The van der Waals surface area contributed by atoms with Gasteiger partial charge in [0.25, 0.3) is 0 Å². The lowest BCUT2D eigenvalue weighted by molar-refractivity contribution is -0.151. The van der Waals surface area contributed by atoms with E-state index in [2.05, 4.69) is 86.8 Å². The van der Waals surface area contributed by atoms with Crippen LogP contribution in [0.1, 0.15) is 245 Å². The highest BCUT2D eigenvalue weighted by Gasteiger charge is 2.24. The second kappa shape index (κ2) is 47.6. The van der Waals surface area contributed by atoms with Crippen LogP contribution in [0.2, 0.25) is 0 Å². The Balaban J connectivity index is 4.61. The van der Waals surface area contributed by atoms with Gasteiger partial charge in [0.2, 0.25) is 5.91 Å². The first-order valence-electron chi connectivity index (χ1n) is 25.5. The third-order valence-corrected chi connectivity index (χ3v) is 11.3. The molecule has 6 nitrogen and oxygen atoms in total. The molecule has 0 rings (SSSR count). The summed E-state index contributed by atoms with van der Waals surface area (Å²) in [7, 11) is 0. The number of amides is 1. The van der Waals surface area contributed by atoms with E-state index in [-0.39, 0.29) is 24.9 Å². The van der Waals surface area contributed by atoms with Crippen molar-refractivity contribution >= 4 is 11.9 Å². The zero-order chi connectivity index (χ0) is 43.8. The van der Waals surface area contributed by atoms with Crippen molar-refractivity contribution in [2.45, 2.75) is 264 Å². The normalized spacial score (nSPS) is 13.8. The Morgan fingerprint density at radius 1 is 0.500 bits per heavy atom. The van der Waals surface area contributed by atoms with Crippen LogP contribution in [0.25, 0.3) is 0 Å². The van der Waals surface area contributed by atoms with E-state index in [4.69, 9.17) is 4.74 Å². The Morgan fingerprint density at radius 2 is 0.900 bits per heavy atom. The van der Waals surface area contributed by atoms with Gasteiger partial charge < -0.3 is 20.3 Å². The van der Waals surface area contributed by atoms with Gasteiger partial charge in [-0.25, -0.2) is 0 Å². The molecule has 60 heavy (non-hydrogen) atoms. The summed E-state index contributed by atoms with van der Waals surface area (Å²) in [4.78, 5) is 26.1. The number of aliphatic hydroxyl groups is 2. The van der Waals surface area contributed by atoms with E-state index >= 15 is 0 Å². The number of allylic oxidation sites excluding steroid dienone is 10. The van der Waals surface area contributed by atoms with Gasteiger partial charge in [-0.1, -0.05) is 204 Å². The molecule has 0 aliphatic rings. The third kappa shape index (κ3) is 42.3. The Labute approximate surface area is 371 Å². The van der Waals surface area contributed by atoms with Gasteiger partial charge in [0.05, 0.1) is 25.2 Å². The minimum absolute atomic E-state index is 0.0582. The molecule has 0 aliphatic carbocycles. The summed E-state index contributed by atoms with van der Waals surface area (Å²) in [5.41, 5.74) is 0. The van der Waals surface area contributed by atoms with E-state index < -0.39 is 18.2 Å². The van der Waals surface area contributed by atoms with Crippen LogP contribution < -0.4 is 5.32 Å². The Bertz CT molecular complexity index is 1080. The minimum atomic E-state index is -0.795. The number of aliphatic hydroxyl groups excluding tert-OH is 2. The molecule has 1 amide bonds. The van der Waals surface area contributed by atoms with Gasteiger partial charge in [0.15, 0.2) is 0 Å². The first-order valence-corrected chi connectivity index (χ1v) is 25.5. The molecule has 3 atom stereocenters. The lowest BCUT2D eigenvalue weighted by atomic mass is 10.0. The molecular weight excluding hydrogens is 743 g/mol. The Morgan fingerprint density at radius 3 is 1.40 bits per heavy atom. The summed E-state index contributed by atoms with van der Waals surface area (Å²) in [6.07, 6.45) is 58.5. The molecule has 0 aromatic rings. The van der Waals surface area contributed by atoms with Crippen LogP contribution in [0.15, 0.2) is 60.8 Å². The number of nitrogens with one attached hydrogen (secondary N) is 1. The fourth-order valence-corrected chi connectivity index (χ4v) is 7.47. The molecule has 0 aliphatic heterocycles. The maximum atomic E-state index is 13.2. The molecule has 0 aromatic heterocycles. The van der Waals surface area contributed by atoms with E-state index in [1.165, 1.54) is 96.3 Å². The van der Waals surface area contributed by atoms with Crippen LogP contribution >= 0.6 is 0 Å². The summed E-state index contributed by atoms with van der Waals surface area (Å²) in [6, 6.07) is -0.711. The fourth-order valence-electron chi connectivity index (χ4n) is 7.47. The van der Waals surface area contributed by atoms with Crippen molar-refractivity contribution < 1.29 is 24.5 Å². The lowest BCUT2D eigenvalue weighted by Gasteiger charge is -2.24. The standard InChI is InChI=1S/C54H97NO5/c1-4-7-10-13-16-19-22-24-26-27-28-30-32-35-38-41-44-47-54(59)60-50(45-42-39-36-33-31-29-25-23-20-17-14-11-8-5-2)48-53(58)55-51(49-56)52(57)46-43-40-37-34-21-18-15-12-9-6-3/h8,11,16-17,19-20,24-26,29,50-52,56-57H,4-7,9-10,12-15,18,21-23,27-28,30-49H2,1-3H3,(H,55,58)/b11-8+,19-16-,20-17+,26-24-,29-25+. The summed E-state index contributed by atoms with van der Waals surface area (Å²) >= 11 is 0. The molecule has 3 N–H and O–H groups in total. The van der Waals surface area contributed by atoms with Gasteiger partial charge >= 0.3 is 5.97 Å². The van der Waals surface area contributed by atoms with Crippen LogP contribution in [0.4, 0.5) is 0 Å². The number of ether oxygens (including phenoxy) is 1. The maximum absolute atomic E-state index is 13.2. The average Bonchev–Trinajstić information content (AvgIpc) is 3.24. The first-order chi connectivity index (χ1) is 29.5. The largest absolute Gasteiger partial charge is 0.462 e. The number of carbonyl (C=O) groups excluding carboxylic acids is 2. The smallest absolute Gasteiger partial charge is 0.306 e. The highest BCUT2D eigenvalue weighted by atomic mass is 16.5. The van der Waals surface area contributed by atoms with Gasteiger partial charge in [-0.2, -0.15) is 0 Å². The number of carbonyl (C=O) groups is 2. The molecule has 0 saturated carbocycles. The third-order valence-electron chi connectivity index (χ3n) is 11.3. The summed E-state index contributed by atoms with van der Waals surface area (Å²) in [5, 5.41) is 23.7. The Hall–Kier alpha value is -2.44. The van der Waals surface area contributed by atoms with Crippen LogP contribution in [0.3, 0.4) is 0 Å². The van der Waals surface area contributed by atoms with E-state index in [9.17, 15) is 19.8 Å². The number of esters is 1. The monoisotopic (exact) mass is 840 g/mol. The molecule has 348 valence electrons. The molecular formula is C54H97NO5. The summed E-state index contributed by atoms with van der Waals surface area (Å²) < 4.78 is 5.92. The van der Waals surface area contributed by atoms with Gasteiger partial charge in [-0.15, -0.1) is 0 Å². The fraction of sp³-hybridized carbons (Fsp3) is 0.778. The number of unbranched alkanes of at least 4 members (excludes halogenated alkanes) is 23. The summed E-state index contributed by atoms with van der Waals surface area (Å²) in [6.45, 7) is 6.33. The molecule has 0 radical (unpaired) electrons. The Kier molecular flexibility index (Phi) is 45.7. The van der Waals surface area contributed by atoms with Crippen molar-refractivity contribution in [3.05, 3.63) is 60.8 Å². The molecule has 0 saturated heterocycles. The molecule has 3 unspecified atom stereocenters. The van der Waals surface area contributed by atoms with Crippen LogP contribution in [0, 0.1) is 0 Å². The second-order valence-corrected chi connectivity index (χ2v) is 17.2. The quantitative estimate of drug-likeness (QED) is 0.0322. The highest BCUT2D eigenvalue weighted by Crippen LogP contribution is 2.17. The maximum Gasteiger partial charge on any atom is 0.306 e. The van der Waals surface area contributed by atoms with E-state index in [1.807, 2.05) is 0 Å². The molecule has 0 fully saturated rings. The second-order valence-electron chi connectivity index (χ2n) is 17.2. The highest BCUT2D eigenvalue weighted by molar-refractivity contribution is 5.77. The van der Waals surface area contributed by atoms with Crippen LogP contribution in [0.5, 0.6) is 0 Å². The SMILES string of the molecule is CC/C=C/C/C=C/C/C=C/CCCCCCC(CC(=O)NC(CO)C(O)CCCCCCCCCCCC)OC(=O)CCCCCCCCC/C=C\C/C=C\CCCCC. The predicted molar refractivity (Wildman–Crippen MR) is 259 cm³/mol. The van der Waals surface area contributed by atoms with Crippen molar-refractivity contribution in [2.75, 3.05) is 6.61 Å². The summed E-state index contributed by atoms with van der Waals surface area (Å²) in [5.74, 6) is -0.504. The number of rotatable bonds is 45. The molecule has 0 aromatic carbocycles. The lowest BCUT2D eigenvalue weighted by Crippen LogP contribution is -2.46. The predicted octanol–water partition coefficient (Wildman–Crippen LogP) is 15.2. The van der Waals surface area contributed by atoms with Crippen molar-refractivity contribution in [3.8, 4) is 0 Å². The van der Waals surface area contributed by atoms with Gasteiger partial charge in [-0.05, 0) is 89.9 Å². The molecule has 0 bridgehead atoms. The van der Waals surface area contributed by atoms with Crippen molar-refractivity contribution in [1.29, 1.82) is 0 Å². The van der Waals surface area contributed by atoms with Crippen molar-refractivity contribution in [1.82, 2.24) is 5.32 Å². The van der Waals surface area contributed by atoms with Gasteiger partial charge in [0.1, 0.15) is 6.10 Å². The average molecular weight is 840 g/mol. The van der Waals surface area contributed by atoms with Gasteiger partial charge in [-0.3, -0.25) is 9.59 Å². The zero-order valence-corrected chi connectivity index (χ0v) is 39.6. The van der Waals surface area contributed by atoms with E-state index in [0.29, 0.717) is 19.3 Å². The molecule has 6 heteroatoms. The minimum Gasteiger partial charge on any atom is -0.462 e. The molecule has 0 spiro atoms.